The summed E-state index contributed by atoms with van der Waals surface area (Å²) in [4.78, 5) is 0.173. The first-order chi connectivity index (χ1) is 9.66. The first-order valence-corrected chi connectivity index (χ1v) is 9.77. The van der Waals surface area contributed by atoms with Crippen LogP contribution in [0, 0.1) is 11.3 Å². The molecule has 1 fully saturated rings. The van der Waals surface area contributed by atoms with E-state index in [9.17, 15) is 8.42 Å². The Morgan fingerprint density at radius 1 is 1.38 bits per heavy atom. The third kappa shape index (κ3) is 3.66. The molecular formula is C14H21BrClNO3S. The van der Waals surface area contributed by atoms with Crippen LogP contribution in [0.5, 0.6) is 0 Å². The first-order valence-electron chi connectivity index (χ1n) is 7.00. The molecule has 1 aromatic rings. The van der Waals surface area contributed by atoms with Crippen molar-refractivity contribution in [3.63, 3.8) is 0 Å². The van der Waals surface area contributed by atoms with E-state index in [0.29, 0.717) is 24.8 Å². The molecule has 2 heterocycles. The van der Waals surface area contributed by atoms with E-state index in [4.69, 9.17) is 16.0 Å². The van der Waals surface area contributed by atoms with Gasteiger partial charge >= 0.3 is 0 Å². The molecule has 21 heavy (non-hydrogen) atoms. The number of halogens is 2. The average Bonchev–Trinajstić information content (AvgIpc) is 2.80. The Kier molecular flexibility index (Phi) is 5.13. The quantitative estimate of drug-likeness (QED) is 0.716. The van der Waals surface area contributed by atoms with Gasteiger partial charge in [-0.25, -0.2) is 8.42 Å². The average molecular weight is 399 g/mol. The van der Waals surface area contributed by atoms with Crippen LogP contribution in [-0.4, -0.2) is 25.8 Å². The summed E-state index contributed by atoms with van der Waals surface area (Å²) in [7, 11) is -3.52. The van der Waals surface area contributed by atoms with Gasteiger partial charge in [0.15, 0.2) is 4.67 Å². The van der Waals surface area contributed by atoms with E-state index < -0.39 is 10.0 Å². The highest BCUT2D eigenvalue weighted by molar-refractivity contribution is 9.10. The SMILES string of the molecule is CC(C)(C)C1CCN(S(=O)(=O)c2cc(CCl)oc2Br)CC1. The van der Waals surface area contributed by atoms with E-state index >= 15 is 0 Å². The van der Waals surface area contributed by atoms with Crippen molar-refractivity contribution in [3.05, 3.63) is 16.5 Å². The Balaban J connectivity index is 2.17. The summed E-state index contributed by atoms with van der Waals surface area (Å²) in [6.45, 7) is 7.74. The summed E-state index contributed by atoms with van der Waals surface area (Å²) in [5.74, 6) is 1.15. The number of hydrogen-bond acceptors (Lipinski definition) is 3. The molecule has 0 aliphatic carbocycles. The second kappa shape index (κ2) is 6.22. The Morgan fingerprint density at radius 3 is 2.38 bits per heavy atom. The zero-order valence-corrected chi connectivity index (χ0v) is 15.7. The lowest BCUT2D eigenvalue weighted by molar-refractivity contribution is 0.154. The fraction of sp³-hybridized carbons (Fsp3) is 0.714. The van der Waals surface area contributed by atoms with Gasteiger partial charge in [0.1, 0.15) is 10.7 Å². The Bertz CT molecular complexity index is 598. The van der Waals surface area contributed by atoms with Crippen LogP contribution in [0.1, 0.15) is 39.4 Å². The Morgan fingerprint density at radius 2 is 1.95 bits per heavy atom. The molecule has 0 N–H and O–H groups in total. The fourth-order valence-corrected chi connectivity index (χ4v) is 5.30. The normalized spacial score (nSPS) is 19.1. The molecule has 0 radical (unpaired) electrons. The van der Waals surface area contributed by atoms with E-state index in [1.54, 1.807) is 4.31 Å². The molecule has 0 spiro atoms. The van der Waals surface area contributed by atoms with Crippen LogP contribution in [0.3, 0.4) is 0 Å². The van der Waals surface area contributed by atoms with Crippen molar-refractivity contribution in [2.24, 2.45) is 11.3 Å². The highest BCUT2D eigenvalue weighted by atomic mass is 79.9. The predicted molar refractivity (Wildman–Crippen MR) is 86.9 cm³/mol. The van der Waals surface area contributed by atoms with Gasteiger partial charge in [0.25, 0.3) is 0 Å². The largest absolute Gasteiger partial charge is 0.452 e. The van der Waals surface area contributed by atoms with Gasteiger partial charge in [0.05, 0.1) is 5.88 Å². The fourth-order valence-electron chi connectivity index (χ4n) is 2.74. The van der Waals surface area contributed by atoms with E-state index in [1.807, 2.05) is 0 Å². The molecule has 0 bridgehead atoms. The lowest BCUT2D eigenvalue weighted by Crippen LogP contribution is -2.41. The van der Waals surface area contributed by atoms with E-state index in [2.05, 4.69) is 36.7 Å². The number of hydrogen-bond donors (Lipinski definition) is 0. The van der Waals surface area contributed by atoms with Gasteiger partial charge in [-0.1, -0.05) is 20.8 Å². The number of rotatable bonds is 3. The molecule has 0 saturated carbocycles. The molecule has 7 heteroatoms. The van der Waals surface area contributed by atoms with Crippen LogP contribution in [0.4, 0.5) is 0 Å². The first kappa shape index (κ1) is 17.3. The van der Waals surface area contributed by atoms with Crippen molar-refractivity contribution < 1.29 is 12.8 Å². The third-order valence-electron chi connectivity index (χ3n) is 4.13. The molecule has 1 aliphatic rings. The van der Waals surface area contributed by atoms with Crippen molar-refractivity contribution in [3.8, 4) is 0 Å². The zero-order chi connectivity index (χ0) is 15.8. The van der Waals surface area contributed by atoms with Crippen LogP contribution in [-0.2, 0) is 15.9 Å². The molecule has 2 rings (SSSR count). The Labute approximate surface area is 140 Å². The van der Waals surface area contributed by atoms with Crippen molar-refractivity contribution in [2.75, 3.05) is 13.1 Å². The number of sulfonamides is 1. The Hall–Kier alpha value is -0.0400. The van der Waals surface area contributed by atoms with E-state index in [1.165, 1.54) is 6.07 Å². The summed E-state index contributed by atoms with van der Waals surface area (Å²) in [6.07, 6.45) is 1.78. The van der Waals surface area contributed by atoms with E-state index in [0.717, 1.165) is 12.8 Å². The van der Waals surface area contributed by atoms with E-state index in [-0.39, 0.29) is 20.9 Å². The molecule has 0 amide bonds. The minimum absolute atomic E-state index is 0.153. The lowest BCUT2D eigenvalue weighted by atomic mass is 9.76. The van der Waals surface area contributed by atoms with Gasteiger partial charge < -0.3 is 4.42 Å². The van der Waals surface area contributed by atoms with Gasteiger partial charge in [0.2, 0.25) is 10.0 Å². The summed E-state index contributed by atoms with van der Waals surface area (Å²) >= 11 is 8.87. The third-order valence-corrected chi connectivity index (χ3v) is 7.15. The van der Waals surface area contributed by atoms with Gasteiger partial charge in [-0.15, -0.1) is 11.6 Å². The molecule has 0 atom stereocenters. The number of piperidine rings is 1. The summed E-state index contributed by atoms with van der Waals surface area (Å²) in [5, 5.41) is 0. The maximum absolute atomic E-state index is 12.7. The molecule has 4 nitrogen and oxygen atoms in total. The second-order valence-corrected chi connectivity index (χ2v) is 9.42. The molecule has 1 aromatic heterocycles. The molecule has 0 unspecified atom stereocenters. The number of furan rings is 1. The molecule has 1 aliphatic heterocycles. The zero-order valence-electron chi connectivity index (χ0n) is 12.5. The molecular weight excluding hydrogens is 378 g/mol. The highest BCUT2D eigenvalue weighted by Crippen LogP contribution is 2.37. The smallest absolute Gasteiger partial charge is 0.247 e. The molecule has 1 saturated heterocycles. The topological polar surface area (TPSA) is 50.5 Å². The maximum atomic E-state index is 12.7. The van der Waals surface area contributed by atoms with Crippen molar-refractivity contribution >= 4 is 37.6 Å². The van der Waals surface area contributed by atoms with Crippen LogP contribution < -0.4 is 0 Å². The minimum Gasteiger partial charge on any atom is -0.452 e. The van der Waals surface area contributed by atoms with Crippen molar-refractivity contribution in [1.82, 2.24) is 4.31 Å². The number of nitrogens with zero attached hydrogens (tertiary/aromatic N) is 1. The number of alkyl halides is 1. The van der Waals surface area contributed by atoms with Crippen LogP contribution >= 0.6 is 27.5 Å². The van der Waals surface area contributed by atoms with Gasteiger partial charge in [-0.3, -0.25) is 0 Å². The highest BCUT2D eigenvalue weighted by Gasteiger charge is 2.35. The van der Waals surface area contributed by atoms with Gasteiger partial charge in [0, 0.05) is 19.2 Å². The molecule has 120 valence electrons. The van der Waals surface area contributed by atoms with Gasteiger partial charge in [-0.2, -0.15) is 4.31 Å². The lowest BCUT2D eigenvalue weighted by Gasteiger charge is -2.38. The van der Waals surface area contributed by atoms with Gasteiger partial charge in [-0.05, 0) is 40.1 Å². The summed E-state index contributed by atoms with van der Waals surface area (Å²) in [5.41, 5.74) is 0.220. The molecule has 0 aromatic carbocycles. The second-order valence-electron chi connectivity index (χ2n) is 6.53. The van der Waals surface area contributed by atoms with Crippen molar-refractivity contribution in [2.45, 2.75) is 44.4 Å². The monoisotopic (exact) mass is 397 g/mol. The van der Waals surface area contributed by atoms with Crippen LogP contribution in [0.2, 0.25) is 0 Å². The summed E-state index contributed by atoms with van der Waals surface area (Å²) in [6, 6.07) is 1.50. The van der Waals surface area contributed by atoms with Crippen LogP contribution in [0.15, 0.2) is 20.0 Å². The van der Waals surface area contributed by atoms with Crippen molar-refractivity contribution in [1.29, 1.82) is 0 Å². The minimum atomic E-state index is -3.52. The summed E-state index contributed by atoms with van der Waals surface area (Å²) < 4.78 is 32.4. The maximum Gasteiger partial charge on any atom is 0.247 e. The standard InChI is InChI=1S/C14H21BrClNO3S/c1-14(2,3)10-4-6-17(7-5-10)21(18,19)12-8-11(9-16)20-13(12)15/h8,10H,4-7,9H2,1-3H3. The predicted octanol–water partition coefficient (Wildman–Crippen LogP) is 4.23. The van der Waals surface area contributed by atoms with Crippen LogP contribution in [0.25, 0.3) is 0 Å².